The van der Waals surface area contributed by atoms with Crippen molar-refractivity contribution in [2.45, 2.75) is 4.90 Å². The molecule has 32 heavy (non-hydrogen) atoms. The quantitative estimate of drug-likeness (QED) is 0.392. The molecule has 162 valence electrons. The Hall–Kier alpha value is -3.84. The molecule has 1 amide bonds. The molecule has 0 spiro atoms. The lowest BCUT2D eigenvalue weighted by Crippen LogP contribution is -2.28. The zero-order valence-electron chi connectivity index (χ0n) is 17.2. The number of carbonyl (C=O) groups excluding carboxylic acids is 1. The minimum absolute atomic E-state index is 0.153. The van der Waals surface area contributed by atoms with Crippen LogP contribution in [0, 0.1) is 0 Å². The molecule has 0 aliphatic rings. The lowest BCUT2D eigenvalue weighted by atomic mass is 10.1. The highest BCUT2D eigenvalue weighted by Crippen LogP contribution is 2.25. The Morgan fingerprint density at radius 2 is 1.53 bits per heavy atom. The maximum atomic E-state index is 12.5. The van der Waals surface area contributed by atoms with Gasteiger partial charge in [0.1, 0.15) is 12.4 Å². The van der Waals surface area contributed by atoms with Crippen LogP contribution in [0.15, 0.2) is 102 Å². The standard InChI is InChI=1S/C25H22N2O4S/c28-25(26-16-17-31-24-15-7-9-19-8-4-5-14-23(19)24)20-10-6-11-21(18-20)27-32(29,30)22-12-2-1-3-13-22/h1-15,18,27H,16-17H2,(H,26,28). The van der Waals surface area contributed by atoms with Crippen molar-refractivity contribution in [1.82, 2.24) is 5.32 Å². The van der Waals surface area contributed by atoms with Gasteiger partial charge in [-0.1, -0.05) is 60.7 Å². The Labute approximate surface area is 186 Å². The van der Waals surface area contributed by atoms with Gasteiger partial charge < -0.3 is 10.1 Å². The lowest BCUT2D eigenvalue weighted by Gasteiger charge is -2.11. The maximum absolute atomic E-state index is 12.5. The lowest BCUT2D eigenvalue weighted by molar-refractivity contribution is 0.0947. The van der Waals surface area contributed by atoms with Crippen LogP contribution < -0.4 is 14.8 Å². The summed E-state index contributed by atoms with van der Waals surface area (Å²) in [5.41, 5.74) is 0.664. The van der Waals surface area contributed by atoms with Gasteiger partial charge >= 0.3 is 0 Å². The van der Waals surface area contributed by atoms with Gasteiger partial charge in [-0.25, -0.2) is 8.42 Å². The second kappa shape index (κ2) is 9.53. The fourth-order valence-corrected chi connectivity index (χ4v) is 4.36. The molecule has 4 aromatic carbocycles. The molecule has 2 N–H and O–H groups in total. The van der Waals surface area contributed by atoms with Gasteiger partial charge in [-0.05, 0) is 41.8 Å². The minimum Gasteiger partial charge on any atom is -0.491 e. The van der Waals surface area contributed by atoms with E-state index in [0.29, 0.717) is 24.4 Å². The van der Waals surface area contributed by atoms with Crippen molar-refractivity contribution in [2.24, 2.45) is 0 Å². The zero-order chi connectivity index (χ0) is 22.4. The van der Waals surface area contributed by atoms with Gasteiger partial charge in [-0.3, -0.25) is 9.52 Å². The molecule has 7 heteroatoms. The summed E-state index contributed by atoms with van der Waals surface area (Å²) in [4.78, 5) is 12.7. The highest BCUT2D eigenvalue weighted by molar-refractivity contribution is 7.92. The number of ether oxygens (including phenoxy) is 1. The molecule has 0 aliphatic heterocycles. The van der Waals surface area contributed by atoms with Crippen molar-refractivity contribution in [3.05, 3.63) is 103 Å². The van der Waals surface area contributed by atoms with Crippen LogP contribution in [0.4, 0.5) is 5.69 Å². The number of fused-ring (bicyclic) bond motifs is 1. The third-order valence-corrected chi connectivity index (χ3v) is 6.22. The van der Waals surface area contributed by atoms with Crippen LogP contribution in [0.1, 0.15) is 10.4 Å². The van der Waals surface area contributed by atoms with Gasteiger partial charge in [0.15, 0.2) is 0 Å². The van der Waals surface area contributed by atoms with Gasteiger partial charge in [0.2, 0.25) is 0 Å². The van der Waals surface area contributed by atoms with Crippen LogP contribution in [0.25, 0.3) is 10.8 Å². The van der Waals surface area contributed by atoms with E-state index in [0.717, 1.165) is 16.5 Å². The first-order valence-corrected chi connectivity index (χ1v) is 11.6. The Morgan fingerprint density at radius 1 is 0.812 bits per heavy atom. The predicted octanol–water partition coefficient (Wildman–Crippen LogP) is 4.45. The topological polar surface area (TPSA) is 84.5 Å². The highest BCUT2D eigenvalue weighted by Gasteiger charge is 2.14. The molecule has 0 heterocycles. The van der Waals surface area contributed by atoms with Crippen molar-refractivity contribution >= 4 is 32.4 Å². The van der Waals surface area contributed by atoms with Crippen LogP contribution in [-0.4, -0.2) is 27.5 Å². The average molecular weight is 447 g/mol. The van der Waals surface area contributed by atoms with E-state index >= 15 is 0 Å². The Kier molecular flexibility index (Phi) is 6.37. The summed E-state index contributed by atoms with van der Waals surface area (Å²) in [6.45, 7) is 0.613. The van der Waals surface area contributed by atoms with Gasteiger partial charge in [0.05, 0.1) is 11.4 Å². The van der Waals surface area contributed by atoms with Crippen LogP contribution in [0.5, 0.6) is 5.75 Å². The van der Waals surface area contributed by atoms with Crippen molar-refractivity contribution < 1.29 is 17.9 Å². The van der Waals surface area contributed by atoms with E-state index in [2.05, 4.69) is 10.0 Å². The van der Waals surface area contributed by atoms with E-state index in [1.807, 2.05) is 42.5 Å². The van der Waals surface area contributed by atoms with E-state index in [9.17, 15) is 13.2 Å². The predicted molar refractivity (Wildman–Crippen MR) is 125 cm³/mol. The molecule has 0 saturated heterocycles. The van der Waals surface area contributed by atoms with E-state index in [1.54, 1.807) is 36.4 Å². The van der Waals surface area contributed by atoms with Crippen LogP contribution in [-0.2, 0) is 10.0 Å². The number of sulfonamides is 1. The molecule has 0 saturated carbocycles. The van der Waals surface area contributed by atoms with Gasteiger partial charge in [-0.15, -0.1) is 0 Å². The van der Waals surface area contributed by atoms with Gasteiger partial charge in [-0.2, -0.15) is 0 Å². The van der Waals surface area contributed by atoms with Crippen molar-refractivity contribution in [2.75, 3.05) is 17.9 Å². The largest absolute Gasteiger partial charge is 0.491 e. The average Bonchev–Trinajstić information content (AvgIpc) is 2.82. The number of carbonyl (C=O) groups is 1. The smallest absolute Gasteiger partial charge is 0.261 e. The first-order chi connectivity index (χ1) is 15.5. The summed E-state index contributed by atoms with van der Waals surface area (Å²) < 4.78 is 33.3. The third-order valence-electron chi connectivity index (χ3n) is 4.83. The van der Waals surface area contributed by atoms with Crippen molar-refractivity contribution in [3.8, 4) is 5.75 Å². The number of hydrogen-bond acceptors (Lipinski definition) is 4. The van der Waals surface area contributed by atoms with Crippen LogP contribution >= 0.6 is 0 Å². The van der Waals surface area contributed by atoms with E-state index in [4.69, 9.17) is 4.74 Å². The molecular weight excluding hydrogens is 424 g/mol. The van der Waals surface area contributed by atoms with Gasteiger partial charge in [0.25, 0.3) is 15.9 Å². The first kappa shape index (κ1) is 21.4. The molecule has 0 atom stereocenters. The SMILES string of the molecule is O=C(NCCOc1cccc2ccccc12)c1cccc(NS(=O)(=O)c2ccccc2)c1. The number of hydrogen-bond donors (Lipinski definition) is 2. The monoisotopic (exact) mass is 446 g/mol. The molecule has 0 aliphatic carbocycles. The zero-order valence-corrected chi connectivity index (χ0v) is 18.0. The normalized spacial score (nSPS) is 11.1. The van der Waals surface area contributed by atoms with Crippen LogP contribution in [0.3, 0.4) is 0 Å². The Morgan fingerprint density at radius 3 is 2.38 bits per heavy atom. The number of anilines is 1. The third kappa shape index (κ3) is 5.07. The molecule has 0 aromatic heterocycles. The number of nitrogens with one attached hydrogen (secondary N) is 2. The minimum atomic E-state index is -3.73. The highest BCUT2D eigenvalue weighted by atomic mass is 32.2. The molecule has 0 bridgehead atoms. The van der Waals surface area contributed by atoms with Crippen molar-refractivity contribution in [1.29, 1.82) is 0 Å². The maximum Gasteiger partial charge on any atom is 0.261 e. The van der Waals surface area contributed by atoms with Crippen molar-refractivity contribution in [3.63, 3.8) is 0 Å². The Balaban J connectivity index is 1.35. The molecule has 0 unspecified atom stereocenters. The molecule has 4 rings (SSSR count). The fraction of sp³-hybridized carbons (Fsp3) is 0.0800. The van der Waals surface area contributed by atoms with E-state index < -0.39 is 10.0 Å². The molecule has 4 aromatic rings. The van der Waals surface area contributed by atoms with Gasteiger partial charge in [0, 0.05) is 16.6 Å². The first-order valence-electron chi connectivity index (χ1n) is 10.1. The molecule has 0 fully saturated rings. The summed E-state index contributed by atoms with van der Waals surface area (Å²) in [7, 11) is -3.73. The van der Waals surface area contributed by atoms with E-state index in [-0.39, 0.29) is 10.8 Å². The second-order valence-electron chi connectivity index (χ2n) is 7.08. The fourth-order valence-electron chi connectivity index (χ4n) is 3.29. The summed E-state index contributed by atoms with van der Waals surface area (Å²) in [5.74, 6) is 0.446. The summed E-state index contributed by atoms with van der Waals surface area (Å²) in [6, 6.07) is 28.2. The number of amides is 1. The summed E-state index contributed by atoms with van der Waals surface area (Å²) in [5, 5.41) is 4.90. The number of benzene rings is 4. The van der Waals surface area contributed by atoms with Crippen LogP contribution in [0.2, 0.25) is 0 Å². The Bertz CT molecular complexity index is 1330. The van der Waals surface area contributed by atoms with E-state index in [1.165, 1.54) is 18.2 Å². The summed E-state index contributed by atoms with van der Waals surface area (Å²) >= 11 is 0. The molecule has 6 nitrogen and oxygen atoms in total. The second-order valence-corrected chi connectivity index (χ2v) is 8.76. The summed E-state index contributed by atoms with van der Waals surface area (Å²) in [6.07, 6.45) is 0. The molecular formula is C25H22N2O4S. The number of rotatable bonds is 8. The molecule has 0 radical (unpaired) electrons.